The summed E-state index contributed by atoms with van der Waals surface area (Å²) in [6, 6.07) is 17.4. The number of hydrogen-bond acceptors (Lipinski definition) is 2. The van der Waals surface area contributed by atoms with Crippen LogP contribution in [0.2, 0.25) is 0 Å². The van der Waals surface area contributed by atoms with E-state index < -0.39 is 0 Å². The van der Waals surface area contributed by atoms with Gasteiger partial charge in [-0.15, -0.1) is 11.6 Å². The minimum atomic E-state index is -0.114. The summed E-state index contributed by atoms with van der Waals surface area (Å²) in [5, 5.41) is 13.3. The molecule has 0 unspecified atom stereocenters. The number of halogens is 1. The van der Waals surface area contributed by atoms with Gasteiger partial charge in [0, 0.05) is 40.7 Å². The van der Waals surface area contributed by atoms with E-state index in [2.05, 4.69) is 4.98 Å². The summed E-state index contributed by atoms with van der Waals surface area (Å²) in [6.07, 6.45) is 0. The van der Waals surface area contributed by atoms with Crippen LogP contribution in [0.5, 0.6) is 5.75 Å². The first kappa shape index (κ1) is 17.1. The molecule has 0 fully saturated rings. The van der Waals surface area contributed by atoms with Crippen LogP contribution < -0.4 is 4.90 Å². The number of fused-ring (bicyclic) bond motifs is 4. The van der Waals surface area contributed by atoms with Crippen molar-refractivity contribution in [3.8, 4) is 5.75 Å². The predicted molar refractivity (Wildman–Crippen MR) is 114 cm³/mol. The number of benzene rings is 3. The van der Waals surface area contributed by atoms with Gasteiger partial charge in [-0.3, -0.25) is 4.79 Å². The number of amides is 1. The smallest absolute Gasteiger partial charge is 0.274 e. The van der Waals surface area contributed by atoms with E-state index in [1.807, 2.05) is 55.5 Å². The molecule has 5 rings (SSSR count). The van der Waals surface area contributed by atoms with Gasteiger partial charge in [0.15, 0.2) is 0 Å². The standard InChI is InChI=1S/C23H19ClN2O2/c1-13-6-7-14-9-19(25-18(14)8-13)23(28)26-12-15(11-24)22-17-5-3-2-4-16(17)21(27)10-20(22)26/h2-10,15,25,27H,11-12H2,1H3/t15-/m1/s1. The Labute approximate surface area is 167 Å². The average Bonchev–Trinajstić information content (AvgIpc) is 3.28. The number of aromatic hydroxyl groups is 1. The highest BCUT2D eigenvalue weighted by Gasteiger charge is 2.35. The number of rotatable bonds is 2. The molecular formula is C23H19ClN2O2. The van der Waals surface area contributed by atoms with Crippen LogP contribution in [0.3, 0.4) is 0 Å². The van der Waals surface area contributed by atoms with Crippen molar-refractivity contribution in [1.29, 1.82) is 0 Å². The number of phenolic OH excluding ortho intramolecular Hbond substituents is 1. The van der Waals surface area contributed by atoms with Crippen molar-refractivity contribution in [3.05, 3.63) is 71.4 Å². The quantitative estimate of drug-likeness (QED) is 0.455. The number of carbonyl (C=O) groups is 1. The van der Waals surface area contributed by atoms with E-state index in [1.54, 1.807) is 11.0 Å². The SMILES string of the molecule is Cc1ccc2cc(C(=O)N3C[C@@H](CCl)c4c3cc(O)c3ccccc43)[nH]c2c1. The summed E-state index contributed by atoms with van der Waals surface area (Å²) in [4.78, 5) is 18.3. The van der Waals surface area contributed by atoms with Crippen molar-refractivity contribution in [3.63, 3.8) is 0 Å². The Balaban J connectivity index is 1.65. The van der Waals surface area contributed by atoms with Gasteiger partial charge in [-0.2, -0.15) is 0 Å². The molecule has 2 N–H and O–H groups in total. The van der Waals surface area contributed by atoms with Crippen molar-refractivity contribution in [2.45, 2.75) is 12.8 Å². The summed E-state index contributed by atoms with van der Waals surface area (Å²) in [5.74, 6) is 0.502. The van der Waals surface area contributed by atoms with Crippen LogP contribution in [0.4, 0.5) is 5.69 Å². The van der Waals surface area contributed by atoms with Gasteiger partial charge >= 0.3 is 0 Å². The van der Waals surface area contributed by atoms with E-state index in [4.69, 9.17) is 11.6 Å². The number of alkyl halides is 1. The molecule has 0 aliphatic carbocycles. The van der Waals surface area contributed by atoms with Crippen LogP contribution in [0, 0.1) is 6.92 Å². The van der Waals surface area contributed by atoms with Gasteiger partial charge in [0.25, 0.3) is 5.91 Å². The Morgan fingerprint density at radius 1 is 1.18 bits per heavy atom. The van der Waals surface area contributed by atoms with Gasteiger partial charge in [0.2, 0.25) is 0 Å². The third kappa shape index (κ3) is 2.49. The maximum Gasteiger partial charge on any atom is 0.274 e. The lowest BCUT2D eigenvalue weighted by molar-refractivity contribution is 0.0984. The number of hydrogen-bond donors (Lipinski definition) is 2. The largest absolute Gasteiger partial charge is 0.507 e. The number of aryl methyl sites for hydroxylation is 1. The Morgan fingerprint density at radius 2 is 1.96 bits per heavy atom. The number of phenols is 1. The minimum absolute atomic E-state index is 0.0257. The van der Waals surface area contributed by atoms with E-state index in [9.17, 15) is 9.90 Å². The molecule has 0 bridgehead atoms. The van der Waals surface area contributed by atoms with Crippen LogP contribution >= 0.6 is 11.6 Å². The molecule has 4 nitrogen and oxygen atoms in total. The summed E-state index contributed by atoms with van der Waals surface area (Å²) < 4.78 is 0. The first-order chi connectivity index (χ1) is 13.6. The summed E-state index contributed by atoms with van der Waals surface area (Å²) in [5.41, 5.74) is 4.39. The van der Waals surface area contributed by atoms with Gasteiger partial charge in [-0.25, -0.2) is 0 Å². The molecule has 0 spiro atoms. The summed E-state index contributed by atoms with van der Waals surface area (Å²) in [7, 11) is 0. The topological polar surface area (TPSA) is 56.3 Å². The van der Waals surface area contributed by atoms with Crippen LogP contribution in [0.15, 0.2) is 54.6 Å². The Bertz CT molecular complexity index is 1240. The fraction of sp³-hybridized carbons (Fsp3) is 0.174. The molecule has 0 radical (unpaired) electrons. The van der Waals surface area contributed by atoms with Crippen molar-refractivity contribution < 1.29 is 9.90 Å². The summed E-state index contributed by atoms with van der Waals surface area (Å²) in [6.45, 7) is 2.52. The maximum atomic E-state index is 13.3. The molecule has 1 aromatic heterocycles. The fourth-order valence-corrected chi connectivity index (χ4v) is 4.50. The monoisotopic (exact) mass is 390 g/mol. The second kappa shape index (κ2) is 6.28. The number of aromatic nitrogens is 1. The normalized spacial score (nSPS) is 16.1. The molecule has 0 saturated heterocycles. The molecular weight excluding hydrogens is 372 g/mol. The number of nitrogens with zero attached hydrogens (tertiary/aromatic N) is 1. The van der Waals surface area contributed by atoms with Crippen molar-refractivity contribution in [1.82, 2.24) is 4.98 Å². The van der Waals surface area contributed by atoms with Crippen LogP contribution in [-0.2, 0) is 0 Å². The number of anilines is 1. The molecule has 3 aromatic carbocycles. The number of nitrogens with one attached hydrogen (secondary N) is 1. The van der Waals surface area contributed by atoms with Crippen molar-refractivity contribution in [2.75, 3.05) is 17.3 Å². The third-order valence-electron chi connectivity index (χ3n) is 5.58. The zero-order valence-corrected chi connectivity index (χ0v) is 16.1. The number of aromatic amines is 1. The average molecular weight is 391 g/mol. The van der Waals surface area contributed by atoms with E-state index in [0.717, 1.165) is 38.5 Å². The maximum absolute atomic E-state index is 13.3. The Kier molecular flexibility index (Phi) is 3.84. The van der Waals surface area contributed by atoms with Gasteiger partial charge in [-0.1, -0.05) is 36.4 Å². The van der Waals surface area contributed by atoms with Gasteiger partial charge < -0.3 is 15.0 Å². The van der Waals surface area contributed by atoms with Gasteiger partial charge in [-0.05, 0) is 35.6 Å². The van der Waals surface area contributed by atoms with Crippen molar-refractivity contribution >= 4 is 44.9 Å². The van der Waals surface area contributed by atoms with Crippen LogP contribution in [0.1, 0.15) is 27.5 Å². The molecule has 1 amide bonds. The second-order valence-corrected chi connectivity index (χ2v) is 7.72. The lowest BCUT2D eigenvalue weighted by Gasteiger charge is -2.17. The van der Waals surface area contributed by atoms with Crippen LogP contribution in [0.25, 0.3) is 21.7 Å². The Morgan fingerprint density at radius 3 is 2.75 bits per heavy atom. The molecule has 1 aliphatic rings. The number of H-pyrrole nitrogens is 1. The lowest BCUT2D eigenvalue weighted by atomic mass is 9.95. The lowest BCUT2D eigenvalue weighted by Crippen LogP contribution is -2.30. The molecule has 28 heavy (non-hydrogen) atoms. The van der Waals surface area contributed by atoms with Crippen LogP contribution in [-0.4, -0.2) is 28.4 Å². The highest BCUT2D eigenvalue weighted by Crippen LogP contribution is 2.45. The molecule has 2 heterocycles. The number of carbonyl (C=O) groups excluding carboxylic acids is 1. The fourth-order valence-electron chi connectivity index (χ4n) is 4.25. The van der Waals surface area contributed by atoms with Gasteiger partial charge in [0.1, 0.15) is 11.4 Å². The summed E-state index contributed by atoms with van der Waals surface area (Å²) >= 11 is 6.27. The Hall–Kier alpha value is -2.98. The van der Waals surface area contributed by atoms with E-state index in [-0.39, 0.29) is 17.6 Å². The van der Waals surface area contributed by atoms with Gasteiger partial charge in [0.05, 0.1) is 5.69 Å². The van der Waals surface area contributed by atoms with E-state index in [1.165, 1.54) is 0 Å². The zero-order valence-electron chi connectivity index (χ0n) is 15.4. The molecule has 1 atom stereocenters. The van der Waals surface area contributed by atoms with E-state index >= 15 is 0 Å². The zero-order chi connectivity index (χ0) is 19.4. The molecule has 4 aromatic rings. The van der Waals surface area contributed by atoms with Crippen molar-refractivity contribution in [2.24, 2.45) is 0 Å². The molecule has 140 valence electrons. The third-order valence-corrected chi connectivity index (χ3v) is 5.96. The predicted octanol–water partition coefficient (Wildman–Crippen LogP) is 5.32. The molecule has 0 saturated carbocycles. The highest BCUT2D eigenvalue weighted by molar-refractivity contribution is 6.19. The first-order valence-electron chi connectivity index (χ1n) is 9.28. The van der Waals surface area contributed by atoms with E-state index in [0.29, 0.717) is 18.1 Å². The second-order valence-electron chi connectivity index (χ2n) is 7.41. The minimum Gasteiger partial charge on any atom is -0.507 e. The highest BCUT2D eigenvalue weighted by atomic mass is 35.5. The molecule has 1 aliphatic heterocycles. The molecule has 5 heteroatoms. The first-order valence-corrected chi connectivity index (χ1v) is 9.82.